The van der Waals surface area contributed by atoms with Crippen molar-refractivity contribution in [2.75, 3.05) is 12.4 Å². The van der Waals surface area contributed by atoms with Gasteiger partial charge in [-0.05, 0) is 42.4 Å². The van der Waals surface area contributed by atoms with E-state index in [4.69, 9.17) is 12.2 Å². The summed E-state index contributed by atoms with van der Waals surface area (Å²) in [4.78, 5) is 12.1. The average Bonchev–Trinajstić information content (AvgIpc) is 2.83. The van der Waals surface area contributed by atoms with Gasteiger partial charge in [0.15, 0.2) is 5.11 Å². The molecular formula is C17H17N3OS. The van der Waals surface area contributed by atoms with Crippen LogP contribution in [-0.2, 0) is 4.79 Å². The van der Waals surface area contributed by atoms with Crippen molar-refractivity contribution >= 4 is 28.9 Å². The molecular weight excluding hydrogens is 294 g/mol. The molecule has 0 radical (unpaired) electrons. The first-order valence-electron chi connectivity index (χ1n) is 7.08. The minimum atomic E-state index is -0.458. The van der Waals surface area contributed by atoms with Crippen LogP contribution in [0.25, 0.3) is 11.1 Å². The van der Waals surface area contributed by atoms with Gasteiger partial charge >= 0.3 is 0 Å². The highest BCUT2D eigenvalue weighted by Gasteiger charge is 2.31. The maximum atomic E-state index is 12.1. The Hall–Kier alpha value is -2.40. The molecule has 0 bridgehead atoms. The minimum Gasteiger partial charge on any atom is -0.366 e. The third-order valence-electron chi connectivity index (χ3n) is 3.77. The van der Waals surface area contributed by atoms with Gasteiger partial charge in [-0.2, -0.15) is 0 Å². The summed E-state index contributed by atoms with van der Waals surface area (Å²) >= 11 is 5.11. The van der Waals surface area contributed by atoms with Crippen molar-refractivity contribution in [3.05, 3.63) is 53.6 Å². The lowest BCUT2D eigenvalue weighted by atomic mass is 9.99. The quantitative estimate of drug-likeness (QED) is 0.747. The number of benzene rings is 2. The molecule has 0 aromatic heterocycles. The number of fused-ring (bicyclic) bond motifs is 1. The predicted molar refractivity (Wildman–Crippen MR) is 92.8 cm³/mol. The van der Waals surface area contributed by atoms with E-state index in [1.807, 2.05) is 18.2 Å². The van der Waals surface area contributed by atoms with E-state index in [2.05, 4.69) is 47.1 Å². The van der Waals surface area contributed by atoms with Crippen LogP contribution in [0.3, 0.4) is 0 Å². The molecule has 112 valence electrons. The molecule has 0 saturated carbocycles. The molecule has 1 atom stereocenters. The maximum Gasteiger partial charge on any atom is 0.251 e. The van der Waals surface area contributed by atoms with E-state index in [1.165, 1.54) is 5.56 Å². The van der Waals surface area contributed by atoms with Gasteiger partial charge < -0.3 is 16.0 Å². The predicted octanol–water partition coefficient (Wildman–Crippen LogP) is 2.75. The standard InChI is InChI=1S/C17H17N3OS/c1-10-3-5-11(6-4-10)12-7-8-14-13(9-12)15(16(21)19-14)20-17(22)18-2/h3-9,15H,1-2H3,(H,19,21)(H2,18,20,22)/t15-/m1/s1. The van der Waals surface area contributed by atoms with Crippen molar-refractivity contribution in [3.8, 4) is 11.1 Å². The molecule has 0 fully saturated rings. The summed E-state index contributed by atoms with van der Waals surface area (Å²) in [6.07, 6.45) is 0. The number of thiocarbonyl (C=S) groups is 1. The van der Waals surface area contributed by atoms with Crippen LogP contribution in [-0.4, -0.2) is 18.1 Å². The van der Waals surface area contributed by atoms with Crippen molar-refractivity contribution < 1.29 is 4.79 Å². The van der Waals surface area contributed by atoms with Gasteiger partial charge in [-0.3, -0.25) is 4.79 Å². The Bertz CT molecular complexity index is 740. The maximum absolute atomic E-state index is 12.1. The Balaban J connectivity index is 1.97. The molecule has 3 rings (SSSR count). The van der Waals surface area contributed by atoms with E-state index in [9.17, 15) is 4.79 Å². The molecule has 22 heavy (non-hydrogen) atoms. The number of nitrogens with one attached hydrogen (secondary N) is 3. The Labute approximate surface area is 134 Å². The zero-order chi connectivity index (χ0) is 15.7. The summed E-state index contributed by atoms with van der Waals surface area (Å²) in [7, 11) is 1.73. The zero-order valence-corrected chi connectivity index (χ0v) is 13.3. The molecule has 5 heteroatoms. The molecule has 0 aliphatic carbocycles. The molecule has 1 heterocycles. The van der Waals surface area contributed by atoms with Gasteiger partial charge in [0.1, 0.15) is 6.04 Å². The number of hydrogen-bond donors (Lipinski definition) is 3. The summed E-state index contributed by atoms with van der Waals surface area (Å²) in [5, 5.41) is 9.20. The van der Waals surface area contributed by atoms with Crippen molar-refractivity contribution in [2.24, 2.45) is 0 Å². The molecule has 3 N–H and O–H groups in total. The van der Waals surface area contributed by atoms with Crippen LogP contribution in [0.1, 0.15) is 17.2 Å². The number of anilines is 1. The minimum absolute atomic E-state index is 0.0892. The Morgan fingerprint density at radius 3 is 2.50 bits per heavy atom. The fraction of sp³-hybridized carbons (Fsp3) is 0.176. The first-order chi connectivity index (χ1) is 10.6. The monoisotopic (exact) mass is 311 g/mol. The first kappa shape index (κ1) is 14.5. The van der Waals surface area contributed by atoms with E-state index in [0.717, 1.165) is 22.4 Å². The van der Waals surface area contributed by atoms with E-state index in [1.54, 1.807) is 7.05 Å². The van der Waals surface area contributed by atoms with Gasteiger partial charge in [0.25, 0.3) is 5.91 Å². The molecule has 1 amide bonds. The molecule has 2 aromatic rings. The number of rotatable bonds is 2. The lowest BCUT2D eigenvalue weighted by Crippen LogP contribution is -2.38. The van der Waals surface area contributed by atoms with Gasteiger partial charge in [0.2, 0.25) is 0 Å². The SMILES string of the molecule is CNC(=S)N[C@H]1C(=O)Nc2ccc(-c3ccc(C)cc3)cc21. The van der Waals surface area contributed by atoms with Crippen LogP contribution in [0.2, 0.25) is 0 Å². The van der Waals surface area contributed by atoms with Crippen molar-refractivity contribution in [3.63, 3.8) is 0 Å². The summed E-state index contributed by atoms with van der Waals surface area (Å²) in [6.45, 7) is 2.06. The lowest BCUT2D eigenvalue weighted by Gasteiger charge is -2.14. The molecule has 2 aromatic carbocycles. The first-order valence-corrected chi connectivity index (χ1v) is 7.49. The fourth-order valence-corrected chi connectivity index (χ4v) is 2.65. The lowest BCUT2D eigenvalue weighted by molar-refractivity contribution is -0.117. The van der Waals surface area contributed by atoms with Gasteiger partial charge in [0.05, 0.1) is 0 Å². The number of amides is 1. The summed E-state index contributed by atoms with van der Waals surface area (Å²) in [5.74, 6) is -0.0892. The Morgan fingerprint density at radius 1 is 1.14 bits per heavy atom. The van der Waals surface area contributed by atoms with E-state index in [0.29, 0.717) is 5.11 Å². The van der Waals surface area contributed by atoms with Gasteiger partial charge in [-0.25, -0.2) is 0 Å². The second-order valence-electron chi connectivity index (χ2n) is 5.31. The van der Waals surface area contributed by atoms with Crippen molar-refractivity contribution in [1.82, 2.24) is 10.6 Å². The van der Waals surface area contributed by atoms with Gasteiger partial charge in [0, 0.05) is 18.3 Å². The van der Waals surface area contributed by atoms with Crippen LogP contribution >= 0.6 is 12.2 Å². The van der Waals surface area contributed by atoms with E-state index in [-0.39, 0.29) is 5.91 Å². The van der Waals surface area contributed by atoms with Crippen LogP contribution in [0.15, 0.2) is 42.5 Å². The van der Waals surface area contributed by atoms with Gasteiger partial charge in [-0.1, -0.05) is 35.9 Å². The molecule has 0 unspecified atom stereocenters. The van der Waals surface area contributed by atoms with Crippen LogP contribution in [0.5, 0.6) is 0 Å². The number of hydrogen-bond acceptors (Lipinski definition) is 2. The number of aryl methyl sites for hydroxylation is 1. The highest BCUT2D eigenvalue weighted by atomic mass is 32.1. The molecule has 0 spiro atoms. The Kier molecular flexibility index (Phi) is 3.81. The number of carbonyl (C=O) groups is 1. The van der Waals surface area contributed by atoms with Crippen LogP contribution in [0.4, 0.5) is 5.69 Å². The second-order valence-corrected chi connectivity index (χ2v) is 5.72. The molecule has 1 aliphatic rings. The Morgan fingerprint density at radius 2 is 1.82 bits per heavy atom. The highest BCUT2D eigenvalue weighted by Crippen LogP contribution is 2.34. The zero-order valence-electron chi connectivity index (χ0n) is 12.4. The largest absolute Gasteiger partial charge is 0.366 e. The fourth-order valence-electron chi connectivity index (χ4n) is 2.53. The topological polar surface area (TPSA) is 53.2 Å². The molecule has 0 saturated heterocycles. The highest BCUT2D eigenvalue weighted by molar-refractivity contribution is 7.80. The summed E-state index contributed by atoms with van der Waals surface area (Å²) < 4.78 is 0. The summed E-state index contributed by atoms with van der Waals surface area (Å²) in [5.41, 5.74) is 5.18. The number of carbonyl (C=O) groups excluding carboxylic acids is 1. The third-order valence-corrected chi connectivity index (χ3v) is 4.09. The van der Waals surface area contributed by atoms with Crippen molar-refractivity contribution in [2.45, 2.75) is 13.0 Å². The van der Waals surface area contributed by atoms with Gasteiger partial charge in [-0.15, -0.1) is 0 Å². The van der Waals surface area contributed by atoms with Crippen molar-refractivity contribution in [1.29, 1.82) is 0 Å². The molecule has 1 aliphatic heterocycles. The normalized spacial score (nSPS) is 15.9. The third kappa shape index (κ3) is 2.67. The smallest absolute Gasteiger partial charge is 0.251 e. The van der Waals surface area contributed by atoms with Crippen LogP contribution in [0, 0.1) is 6.92 Å². The van der Waals surface area contributed by atoms with Crippen LogP contribution < -0.4 is 16.0 Å². The average molecular weight is 311 g/mol. The summed E-state index contributed by atoms with van der Waals surface area (Å²) in [6, 6.07) is 13.9. The molecule has 4 nitrogen and oxygen atoms in total. The van der Waals surface area contributed by atoms with E-state index >= 15 is 0 Å². The van der Waals surface area contributed by atoms with E-state index < -0.39 is 6.04 Å². The second kappa shape index (κ2) is 5.77.